The van der Waals surface area contributed by atoms with Crippen LogP contribution in [0.4, 0.5) is 0 Å². The molecule has 1 aliphatic rings. The van der Waals surface area contributed by atoms with Crippen LogP contribution >= 0.6 is 0 Å². The normalized spacial score (nSPS) is 15.0. The first-order valence-electron chi connectivity index (χ1n) is 10.1. The molecule has 0 atom stereocenters. The zero-order valence-corrected chi connectivity index (χ0v) is 16.6. The Hall–Kier alpha value is -3.06. The Morgan fingerprint density at radius 3 is 2.62 bits per heavy atom. The smallest absolute Gasteiger partial charge is 0.274 e. The number of hydrogen-bond donors (Lipinski definition) is 0. The van der Waals surface area contributed by atoms with Crippen LogP contribution in [-0.2, 0) is 13.1 Å². The van der Waals surface area contributed by atoms with E-state index in [1.165, 1.54) is 22.4 Å². The van der Waals surface area contributed by atoms with Crippen LogP contribution in [0.15, 0.2) is 53.5 Å². The molecule has 0 radical (unpaired) electrons. The van der Waals surface area contributed by atoms with Crippen LogP contribution < -0.4 is 5.56 Å². The number of aromatic nitrogens is 3. The molecule has 0 aliphatic carbocycles. The summed E-state index contributed by atoms with van der Waals surface area (Å²) >= 11 is 0. The second-order valence-corrected chi connectivity index (χ2v) is 7.34. The molecule has 1 saturated heterocycles. The highest BCUT2D eigenvalue weighted by Gasteiger charge is 2.24. The Morgan fingerprint density at radius 1 is 1.03 bits per heavy atom. The number of pyridine rings is 1. The van der Waals surface area contributed by atoms with Crippen molar-refractivity contribution in [2.75, 3.05) is 26.2 Å². The molecular formula is C22H25N5O2. The van der Waals surface area contributed by atoms with Crippen molar-refractivity contribution in [3.8, 4) is 0 Å². The highest BCUT2D eigenvalue weighted by Crippen LogP contribution is 2.18. The first-order chi connectivity index (χ1) is 14.2. The number of benzene rings is 1. The minimum Gasteiger partial charge on any atom is -0.335 e. The van der Waals surface area contributed by atoms with Gasteiger partial charge in [0.2, 0.25) is 0 Å². The fourth-order valence-electron chi connectivity index (χ4n) is 3.74. The molecule has 2 aromatic heterocycles. The number of para-hydroxylation sites is 1. The van der Waals surface area contributed by atoms with Crippen LogP contribution in [0, 0.1) is 0 Å². The summed E-state index contributed by atoms with van der Waals surface area (Å²) in [7, 11) is 0. The lowest BCUT2D eigenvalue weighted by Crippen LogP contribution is -2.48. The van der Waals surface area contributed by atoms with E-state index in [-0.39, 0.29) is 11.5 Å². The maximum atomic E-state index is 12.8. The Morgan fingerprint density at radius 2 is 1.83 bits per heavy atom. The highest BCUT2D eigenvalue weighted by molar-refractivity contribution is 5.92. The summed E-state index contributed by atoms with van der Waals surface area (Å²) in [6.45, 7) is 6.19. The topological polar surface area (TPSA) is 71.3 Å². The molecule has 3 aromatic rings. The molecule has 1 aromatic carbocycles. The quantitative estimate of drug-likeness (QED) is 0.667. The van der Waals surface area contributed by atoms with Gasteiger partial charge in [-0.25, -0.2) is 4.68 Å². The van der Waals surface area contributed by atoms with Crippen LogP contribution in [0.1, 0.15) is 29.4 Å². The van der Waals surface area contributed by atoms with Crippen molar-refractivity contribution in [2.24, 2.45) is 0 Å². The van der Waals surface area contributed by atoms with Gasteiger partial charge in [-0.1, -0.05) is 31.2 Å². The van der Waals surface area contributed by atoms with Crippen molar-refractivity contribution in [3.05, 3.63) is 70.3 Å². The number of hydrogen-bond acceptors (Lipinski definition) is 5. The van der Waals surface area contributed by atoms with Gasteiger partial charge in [0.25, 0.3) is 11.5 Å². The number of piperazine rings is 1. The molecule has 0 saturated carbocycles. The number of rotatable bonds is 5. The Bertz CT molecular complexity index is 1060. The van der Waals surface area contributed by atoms with Crippen LogP contribution in [0.5, 0.6) is 0 Å². The van der Waals surface area contributed by atoms with E-state index in [9.17, 15) is 9.59 Å². The summed E-state index contributed by atoms with van der Waals surface area (Å²) in [6, 6.07) is 13.3. The molecule has 1 aliphatic heterocycles. The number of fused-ring (bicyclic) bond motifs is 1. The molecule has 0 bridgehead atoms. The average molecular weight is 391 g/mol. The van der Waals surface area contributed by atoms with Crippen LogP contribution in [-0.4, -0.2) is 56.7 Å². The summed E-state index contributed by atoms with van der Waals surface area (Å²) < 4.78 is 1.37. The molecule has 29 heavy (non-hydrogen) atoms. The summed E-state index contributed by atoms with van der Waals surface area (Å²) in [6.07, 6.45) is 2.62. The van der Waals surface area contributed by atoms with Gasteiger partial charge in [0, 0.05) is 56.9 Å². The third kappa shape index (κ3) is 4.19. The van der Waals surface area contributed by atoms with Gasteiger partial charge in [-0.05, 0) is 24.1 Å². The zero-order chi connectivity index (χ0) is 20.2. The fraction of sp³-hybridized carbons (Fsp3) is 0.364. The van der Waals surface area contributed by atoms with Crippen molar-refractivity contribution in [1.82, 2.24) is 24.6 Å². The van der Waals surface area contributed by atoms with Crippen LogP contribution in [0.2, 0.25) is 0 Å². The van der Waals surface area contributed by atoms with Gasteiger partial charge in [0.05, 0.1) is 5.52 Å². The number of aryl methyl sites for hydroxylation is 1. The maximum absolute atomic E-state index is 12.8. The van der Waals surface area contributed by atoms with Crippen molar-refractivity contribution in [1.29, 1.82) is 0 Å². The predicted molar refractivity (Wildman–Crippen MR) is 112 cm³/mol. The number of carbonyl (C=O) groups is 1. The molecule has 0 N–H and O–H groups in total. The van der Waals surface area contributed by atoms with Gasteiger partial charge < -0.3 is 4.90 Å². The summed E-state index contributed by atoms with van der Waals surface area (Å²) in [5.74, 6) is -0.110. The van der Waals surface area contributed by atoms with E-state index in [0.29, 0.717) is 25.3 Å². The van der Waals surface area contributed by atoms with Crippen molar-refractivity contribution in [3.63, 3.8) is 0 Å². The van der Waals surface area contributed by atoms with E-state index in [1.54, 1.807) is 0 Å². The zero-order valence-electron chi connectivity index (χ0n) is 16.6. The maximum Gasteiger partial charge on any atom is 0.274 e. The van der Waals surface area contributed by atoms with E-state index >= 15 is 0 Å². The van der Waals surface area contributed by atoms with Gasteiger partial charge in [-0.15, -0.1) is 0 Å². The summed E-state index contributed by atoms with van der Waals surface area (Å²) in [4.78, 5) is 33.4. The van der Waals surface area contributed by atoms with Crippen molar-refractivity contribution < 1.29 is 4.79 Å². The molecule has 4 rings (SSSR count). The Kier molecular flexibility index (Phi) is 5.67. The van der Waals surface area contributed by atoms with E-state index in [4.69, 9.17) is 0 Å². The highest BCUT2D eigenvalue weighted by atomic mass is 16.2. The van der Waals surface area contributed by atoms with E-state index in [2.05, 4.69) is 39.2 Å². The Balaban J connectivity index is 1.41. The third-order valence-electron chi connectivity index (χ3n) is 5.29. The second-order valence-electron chi connectivity index (χ2n) is 7.34. The van der Waals surface area contributed by atoms with Gasteiger partial charge in [-0.3, -0.25) is 19.5 Å². The molecule has 150 valence electrons. The number of nitrogens with zero attached hydrogens (tertiary/aromatic N) is 5. The fourth-order valence-corrected chi connectivity index (χ4v) is 3.74. The number of carbonyl (C=O) groups excluding carboxylic acids is 1. The van der Waals surface area contributed by atoms with Gasteiger partial charge in [0.1, 0.15) is 5.69 Å². The van der Waals surface area contributed by atoms with Crippen LogP contribution in [0.3, 0.4) is 0 Å². The molecule has 0 spiro atoms. The molecular weight excluding hydrogens is 366 g/mol. The lowest BCUT2D eigenvalue weighted by atomic mass is 10.1. The lowest BCUT2D eigenvalue weighted by Gasteiger charge is -2.34. The average Bonchev–Trinajstić information content (AvgIpc) is 2.76. The minimum atomic E-state index is -0.170. The molecule has 3 heterocycles. The lowest BCUT2D eigenvalue weighted by molar-refractivity contribution is 0.0620. The molecule has 1 fully saturated rings. The SMILES string of the molecule is CCCn1nc(C(=O)N2CCN(Cc3cccc4cccnc34)CC2)ccc1=O. The minimum absolute atomic E-state index is 0.110. The van der Waals surface area contributed by atoms with E-state index in [1.807, 2.05) is 24.1 Å². The second kappa shape index (κ2) is 8.53. The van der Waals surface area contributed by atoms with Gasteiger partial charge in [0.15, 0.2) is 0 Å². The largest absolute Gasteiger partial charge is 0.335 e. The molecule has 7 nitrogen and oxygen atoms in total. The molecule has 1 amide bonds. The van der Waals surface area contributed by atoms with E-state index in [0.717, 1.165) is 37.0 Å². The monoisotopic (exact) mass is 391 g/mol. The number of amides is 1. The van der Waals surface area contributed by atoms with Crippen molar-refractivity contribution >= 4 is 16.8 Å². The predicted octanol–water partition coefficient (Wildman–Crippen LogP) is 2.16. The van der Waals surface area contributed by atoms with Crippen molar-refractivity contribution in [2.45, 2.75) is 26.4 Å². The standard InChI is InChI=1S/C22H25N5O2/c1-2-11-27-20(28)9-8-19(24-27)22(29)26-14-12-25(13-15-26)16-18-6-3-5-17-7-4-10-23-21(17)18/h3-10H,2,11-16H2,1H3. The first kappa shape index (κ1) is 19.3. The first-order valence-corrected chi connectivity index (χ1v) is 10.1. The van der Waals surface area contributed by atoms with Crippen LogP contribution in [0.25, 0.3) is 10.9 Å². The van der Waals surface area contributed by atoms with Gasteiger partial charge >= 0.3 is 0 Å². The Labute approximate surface area is 169 Å². The third-order valence-corrected chi connectivity index (χ3v) is 5.29. The molecule has 0 unspecified atom stereocenters. The van der Waals surface area contributed by atoms with E-state index < -0.39 is 0 Å². The van der Waals surface area contributed by atoms with Gasteiger partial charge in [-0.2, -0.15) is 5.10 Å². The molecule has 7 heteroatoms. The summed E-state index contributed by atoms with van der Waals surface area (Å²) in [5.41, 5.74) is 2.41. The summed E-state index contributed by atoms with van der Waals surface area (Å²) in [5, 5.41) is 5.39.